The second-order valence-electron chi connectivity index (χ2n) is 10.4. The monoisotopic (exact) mass is 439 g/mol. The van der Waals surface area contributed by atoms with Crippen molar-refractivity contribution in [3.05, 3.63) is 29.8 Å². The number of hydrogen-bond donors (Lipinski definition) is 2. The Bertz CT molecular complexity index is 943. The lowest BCUT2D eigenvalue weighted by Crippen LogP contribution is -2.69. The summed E-state index contributed by atoms with van der Waals surface area (Å²) >= 11 is 0. The van der Waals surface area contributed by atoms with E-state index in [1.54, 1.807) is 13.0 Å². The molecule has 0 radical (unpaired) electrons. The third-order valence-electron chi connectivity index (χ3n) is 8.21. The molecule has 3 saturated carbocycles. The van der Waals surface area contributed by atoms with Gasteiger partial charge in [-0.3, -0.25) is 14.4 Å². The van der Waals surface area contributed by atoms with E-state index in [1.165, 1.54) is 0 Å². The summed E-state index contributed by atoms with van der Waals surface area (Å²) in [5.74, 6) is 0.345. The number of hydrogen-bond acceptors (Lipinski definition) is 4. The Morgan fingerprint density at radius 1 is 1.22 bits per heavy atom. The molecule has 7 heteroatoms. The normalized spacial score (nSPS) is 34.3. The van der Waals surface area contributed by atoms with E-state index in [-0.39, 0.29) is 35.0 Å². The quantitative estimate of drug-likeness (QED) is 0.758. The molecule has 0 aromatic heterocycles. The van der Waals surface area contributed by atoms with Gasteiger partial charge in [0.25, 0.3) is 5.91 Å². The van der Waals surface area contributed by atoms with Crippen molar-refractivity contribution in [1.82, 2.24) is 15.5 Å². The predicted molar refractivity (Wildman–Crippen MR) is 119 cm³/mol. The molecule has 1 aromatic carbocycles. The summed E-state index contributed by atoms with van der Waals surface area (Å²) < 4.78 is 6.43. The van der Waals surface area contributed by atoms with Crippen molar-refractivity contribution >= 4 is 17.7 Å². The topological polar surface area (TPSA) is 87.7 Å². The van der Waals surface area contributed by atoms with Gasteiger partial charge in [-0.1, -0.05) is 19.1 Å². The number of nitrogens with one attached hydrogen (secondary N) is 2. The molecule has 172 valence electrons. The number of amides is 3. The molecule has 7 nitrogen and oxygen atoms in total. The van der Waals surface area contributed by atoms with Crippen molar-refractivity contribution < 1.29 is 19.1 Å². The zero-order valence-electron chi connectivity index (χ0n) is 19.0. The van der Waals surface area contributed by atoms with Crippen LogP contribution in [0.3, 0.4) is 0 Å². The largest absolute Gasteiger partial charge is 0.467 e. The van der Waals surface area contributed by atoms with Gasteiger partial charge in [-0.2, -0.15) is 0 Å². The summed E-state index contributed by atoms with van der Waals surface area (Å²) in [5, 5.41) is 6.17. The van der Waals surface area contributed by atoms with Crippen LogP contribution in [0.15, 0.2) is 24.3 Å². The molecule has 2 heterocycles. The fourth-order valence-electron chi connectivity index (χ4n) is 6.42. The Morgan fingerprint density at radius 3 is 2.72 bits per heavy atom. The van der Waals surface area contributed by atoms with Crippen LogP contribution in [0.5, 0.6) is 5.75 Å². The molecule has 2 N–H and O–H groups in total. The third-order valence-corrected chi connectivity index (χ3v) is 8.21. The number of ether oxygens (including phenoxy) is 1. The molecule has 1 aromatic rings. The second-order valence-corrected chi connectivity index (χ2v) is 10.4. The molecule has 3 aliphatic carbocycles. The Hall–Kier alpha value is -2.57. The van der Waals surface area contributed by atoms with Crippen molar-refractivity contribution in [1.29, 1.82) is 0 Å². The van der Waals surface area contributed by atoms with Crippen LogP contribution >= 0.6 is 0 Å². The number of nitrogens with zero attached hydrogens (tertiary/aromatic N) is 1. The number of para-hydroxylation sites is 1. The van der Waals surface area contributed by atoms with E-state index < -0.39 is 11.8 Å². The van der Waals surface area contributed by atoms with E-state index in [2.05, 4.69) is 17.6 Å². The first-order valence-corrected chi connectivity index (χ1v) is 12.0. The molecule has 1 saturated heterocycles. The van der Waals surface area contributed by atoms with Gasteiger partial charge in [-0.05, 0) is 63.0 Å². The van der Waals surface area contributed by atoms with Crippen molar-refractivity contribution in [2.75, 3.05) is 13.1 Å². The third kappa shape index (κ3) is 3.46. The van der Waals surface area contributed by atoms with E-state index in [1.807, 2.05) is 23.1 Å². The molecule has 32 heavy (non-hydrogen) atoms. The Balaban J connectivity index is 1.30. The zero-order valence-corrected chi connectivity index (χ0v) is 19.0. The average molecular weight is 440 g/mol. The number of likely N-dealkylation sites (tertiary alicyclic amines) is 1. The maximum Gasteiger partial charge on any atom is 0.258 e. The summed E-state index contributed by atoms with van der Waals surface area (Å²) in [6, 6.07) is 6.82. The minimum absolute atomic E-state index is 0.0140. The number of carbonyl (C=O) groups is 3. The van der Waals surface area contributed by atoms with Crippen LogP contribution in [0, 0.1) is 17.3 Å². The molecular weight excluding hydrogens is 406 g/mol. The lowest BCUT2D eigenvalue weighted by atomic mass is 9.52. The van der Waals surface area contributed by atoms with Crippen LogP contribution < -0.4 is 15.4 Å². The molecule has 5 atom stereocenters. The highest BCUT2D eigenvalue weighted by atomic mass is 16.5. The van der Waals surface area contributed by atoms with E-state index >= 15 is 0 Å². The van der Waals surface area contributed by atoms with Gasteiger partial charge >= 0.3 is 0 Å². The highest BCUT2D eigenvalue weighted by molar-refractivity contribution is 5.98. The van der Waals surface area contributed by atoms with Gasteiger partial charge in [0.05, 0.1) is 5.56 Å². The van der Waals surface area contributed by atoms with Crippen molar-refractivity contribution in [3.8, 4) is 5.75 Å². The molecule has 3 amide bonds. The number of rotatable bonds is 3. The van der Waals surface area contributed by atoms with E-state index in [4.69, 9.17) is 4.74 Å². The van der Waals surface area contributed by atoms with E-state index in [0.29, 0.717) is 24.2 Å². The van der Waals surface area contributed by atoms with Gasteiger partial charge in [-0.15, -0.1) is 0 Å². The van der Waals surface area contributed by atoms with Gasteiger partial charge in [-0.25, -0.2) is 0 Å². The number of fused-ring (bicyclic) bond motifs is 3. The first kappa shape index (κ1) is 21.3. The average Bonchev–Trinajstić information content (AvgIpc) is 2.78. The fourth-order valence-corrected chi connectivity index (χ4v) is 6.42. The molecule has 1 spiro atoms. The van der Waals surface area contributed by atoms with Crippen LogP contribution in [-0.4, -0.2) is 47.5 Å². The van der Waals surface area contributed by atoms with Gasteiger partial charge in [0.1, 0.15) is 11.8 Å². The fraction of sp³-hybridized carbons (Fsp3) is 0.640. The van der Waals surface area contributed by atoms with Gasteiger partial charge in [0.15, 0.2) is 5.72 Å². The zero-order chi connectivity index (χ0) is 22.5. The summed E-state index contributed by atoms with van der Waals surface area (Å²) in [7, 11) is 0. The van der Waals surface area contributed by atoms with Gasteiger partial charge in [0.2, 0.25) is 11.8 Å². The molecule has 4 fully saturated rings. The van der Waals surface area contributed by atoms with Crippen LogP contribution in [-0.2, 0) is 9.59 Å². The minimum Gasteiger partial charge on any atom is -0.467 e. The number of benzene rings is 1. The van der Waals surface area contributed by atoms with Crippen LogP contribution in [0.1, 0.15) is 69.2 Å². The predicted octanol–water partition coefficient (Wildman–Crippen LogP) is 2.85. The smallest absolute Gasteiger partial charge is 0.258 e. The van der Waals surface area contributed by atoms with Gasteiger partial charge < -0.3 is 20.3 Å². The summed E-state index contributed by atoms with van der Waals surface area (Å²) in [4.78, 5) is 40.8. The van der Waals surface area contributed by atoms with Crippen molar-refractivity contribution in [3.63, 3.8) is 0 Å². The van der Waals surface area contributed by atoms with Crippen molar-refractivity contribution in [2.24, 2.45) is 17.3 Å². The lowest BCUT2D eigenvalue weighted by molar-refractivity contribution is -0.168. The Labute approximate surface area is 189 Å². The maximum absolute atomic E-state index is 13.3. The summed E-state index contributed by atoms with van der Waals surface area (Å²) in [6.07, 6.45) is 6.29. The minimum atomic E-state index is -0.759. The molecule has 2 bridgehead atoms. The number of carbonyl (C=O) groups excluding carboxylic acids is 3. The summed E-state index contributed by atoms with van der Waals surface area (Å²) in [6.45, 7) is 5.48. The van der Waals surface area contributed by atoms with Crippen LogP contribution in [0.2, 0.25) is 0 Å². The highest BCUT2D eigenvalue weighted by Crippen LogP contribution is 2.58. The maximum atomic E-state index is 13.3. The van der Waals surface area contributed by atoms with Gasteiger partial charge in [0, 0.05) is 31.3 Å². The summed E-state index contributed by atoms with van der Waals surface area (Å²) in [5.41, 5.74) is -0.499. The van der Waals surface area contributed by atoms with Crippen LogP contribution in [0.25, 0.3) is 0 Å². The standard InChI is InChI=1S/C25H33N3O4/c1-16(23(31)28-12-6-3-7-13-28)26-22(30)19-14-17-10-11-24(19,2)15-25(17)27-21(29)18-8-4-5-9-20(18)32-25/h4-5,8-9,16-17,19H,3,6-7,10-15H2,1-2H3,(H,26,30)(H,27,29)/t16-,17+,19-,24-,25-/m0/s1. The highest BCUT2D eigenvalue weighted by Gasteiger charge is 2.62. The second kappa shape index (κ2) is 7.78. The Morgan fingerprint density at radius 2 is 1.97 bits per heavy atom. The number of piperidine rings is 1. The lowest BCUT2D eigenvalue weighted by Gasteiger charge is -2.59. The van der Waals surface area contributed by atoms with E-state index in [0.717, 1.165) is 45.2 Å². The molecule has 6 rings (SSSR count). The first-order chi connectivity index (χ1) is 15.3. The molecular formula is C25H33N3O4. The first-order valence-electron chi connectivity index (χ1n) is 12.0. The molecule has 2 aliphatic heterocycles. The molecule has 0 unspecified atom stereocenters. The molecule has 5 aliphatic rings. The van der Waals surface area contributed by atoms with E-state index in [9.17, 15) is 14.4 Å². The Kier molecular flexibility index (Phi) is 5.18. The van der Waals surface area contributed by atoms with Crippen molar-refractivity contribution in [2.45, 2.75) is 70.6 Å². The SMILES string of the molecule is C[C@H](NC(=O)[C@@H]1C[C@H]2CC[C@@]1(C)C[C@@]21NC(=O)c2ccccc2O1)C(=O)N1CCCCC1. The van der Waals surface area contributed by atoms with Crippen LogP contribution in [0.4, 0.5) is 0 Å².